The summed E-state index contributed by atoms with van der Waals surface area (Å²) in [6.07, 6.45) is 2.57. The average molecular weight is 369 g/mol. The largest absolute Gasteiger partial charge is 0.361 e. The molecule has 142 valence electrons. The lowest BCUT2D eigenvalue weighted by Crippen LogP contribution is -2.39. The van der Waals surface area contributed by atoms with Crippen LogP contribution in [-0.4, -0.2) is 43.7 Å². The molecule has 1 fully saturated rings. The molecule has 1 aliphatic rings. The van der Waals surface area contributed by atoms with E-state index in [4.69, 9.17) is 4.52 Å². The van der Waals surface area contributed by atoms with Crippen molar-refractivity contribution < 1.29 is 9.32 Å². The minimum atomic E-state index is -0.109. The molecule has 0 radical (unpaired) electrons. The van der Waals surface area contributed by atoms with Gasteiger partial charge in [-0.15, -0.1) is 0 Å². The van der Waals surface area contributed by atoms with E-state index >= 15 is 0 Å². The van der Waals surface area contributed by atoms with Crippen LogP contribution in [-0.2, 0) is 6.42 Å². The first-order valence-corrected chi connectivity index (χ1v) is 9.31. The topological polar surface area (TPSA) is 96.5 Å². The smallest absolute Gasteiger partial charge is 0.272 e. The minimum absolute atomic E-state index is 0.0457. The van der Waals surface area contributed by atoms with Gasteiger partial charge in [-0.3, -0.25) is 14.7 Å². The Hall–Kier alpha value is -2.90. The van der Waals surface area contributed by atoms with E-state index in [1.807, 2.05) is 17.9 Å². The van der Waals surface area contributed by atoms with Crippen molar-refractivity contribution in [2.45, 2.75) is 46.0 Å². The Balaban J connectivity index is 1.62. The van der Waals surface area contributed by atoms with Crippen LogP contribution in [0.1, 0.15) is 58.9 Å². The van der Waals surface area contributed by atoms with Crippen molar-refractivity contribution in [2.24, 2.45) is 0 Å². The number of fused-ring (bicyclic) bond motifs is 1. The number of hydrogen-bond donors (Lipinski definition) is 1. The summed E-state index contributed by atoms with van der Waals surface area (Å²) in [5, 5.41) is 7.06. The first kappa shape index (κ1) is 17.5. The van der Waals surface area contributed by atoms with Crippen LogP contribution in [0.3, 0.4) is 0 Å². The molecule has 4 heterocycles. The highest BCUT2D eigenvalue weighted by atomic mass is 16.5. The molecule has 0 spiro atoms. The quantitative estimate of drug-likeness (QED) is 0.763. The van der Waals surface area contributed by atoms with E-state index in [-0.39, 0.29) is 17.4 Å². The molecule has 1 atom stereocenters. The highest BCUT2D eigenvalue weighted by molar-refractivity contribution is 5.96. The van der Waals surface area contributed by atoms with Crippen LogP contribution >= 0.6 is 0 Å². The summed E-state index contributed by atoms with van der Waals surface area (Å²) in [7, 11) is 0. The molecule has 1 unspecified atom stereocenters. The third-order valence-electron chi connectivity index (χ3n) is 5.28. The van der Waals surface area contributed by atoms with Gasteiger partial charge < -0.3 is 9.42 Å². The standard InChI is InChI=1S/C19H23N5O3/c1-4-14-8-17(25)24-16(20-14)9-15(21-24)13-6-5-7-23(10-13)19(26)18-11(2)22-27-12(18)3/h8-9,13,21H,4-7,10H2,1-3H3. The van der Waals surface area contributed by atoms with E-state index in [0.717, 1.165) is 30.7 Å². The number of nitrogens with one attached hydrogen (secondary N) is 1. The Bertz CT molecular complexity index is 1040. The summed E-state index contributed by atoms with van der Waals surface area (Å²) in [6, 6.07) is 3.48. The Kier molecular flexibility index (Phi) is 4.33. The van der Waals surface area contributed by atoms with Gasteiger partial charge >= 0.3 is 0 Å². The van der Waals surface area contributed by atoms with E-state index in [1.165, 1.54) is 4.52 Å². The fourth-order valence-electron chi connectivity index (χ4n) is 3.81. The van der Waals surface area contributed by atoms with Gasteiger partial charge in [0.25, 0.3) is 11.5 Å². The Labute approximate surface area is 156 Å². The van der Waals surface area contributed by atoms with Crippen molar-refractivity contribution in [1.29, 1.82) is 0 Å². The van der Waals surface area contributed by atoms with E-state index in [1.54, 1.807) is 19.9 Å². The third-order valence-corrected chi connectivity index (χ3v) is 5.28. The van der Waals surface area contributed by atoms with Crippen molar-refractivity contribution in [3.8, 4) is 0 Å². The molecule has 0 aromatic carbocycles. The zero-order chi connectivity index (χ0) is 19.1. The Morgan fingerprint density at radius 1 is 1.37 bits per heavy atom. The van der Waals surface area contributed by atoms with Crippen LogP contribution < -0.4 is 5.56 Å². The van der Waals surface area contributed by atoms with Crippen molar-refractivity contribution in [1.82, 2.24) is 24.7 Å². The van der Waals surface area contributed by atoms with Crippen LogP contribution in [0.2, 0.25) is 0 Å². The molecule has 1 amide bonds. The van der Waals surface area contributed by atoms with Gasteiger partial charge in [0.2, 0.25) is 0 Å². The molecule has 8 heteroatoms. The fourth-order valence-corrected chi connectivity index (χ4v) is 3.81. The van der Waals surface area contributed by atoms with E-state index in [9.17, 15) is 9.59 Å². The third kappa shape index (κ3) is 3.05. The summed E-state index contributed by atoms with van der Waals surface area (Å²) in [6.45, 7) is 6.82. The van der Waals surface area contributed by atoms with Crippen LogP contribution in [0.15, 0.2) is 21.5 Å². The monoisotopic (exact) mass is 369 g/mol. The lowest BCUT2D eigenvalue weighted by Gasteiger charge is -2.32. The average Bonchev–Trinajstić information content (AvgIpc) is 3.25. The number of hydrogen-bond acceptors (Lipinski definition) is 5. The van der Waals surface area contributed by atoms with Crippen LogP contribution in [0, 0.1) is 13.8 Å². The van der Waals surface area contributed by atoms with Crippen molar-refractivity contribution in [2.75, 3.05) is 13.1 Å². The maximum Gasteiger partial charge on any atom is 0.272 e. The Morgan fingerprint density at radius 3 is 2.89 bits per heavy atom. The molecule has 4 rings (SSSR count). The maximum absolute atomic E-state index is 12.9. The van der Waals surface area contributed by atoms with Gasteiger partial charge in [0.05, 0.1) is 5.69 Å². The fraction of sp³-hybridized carbons (Fsp3) is 0.474. The molecule has 0 saturated carbocycles. The molecule has 3 aromatic rings. The number of H-pyrrole nitrogens is 1. The second-order valence-corrected chi connectivity index (χ2v) is 7.13. The zero-order valence-electron chi connectivity index (χ0n) is 15.8. The lowest BCUT2D eigenvalue weighted by molar-refractivity contribution is 0.0703. The number of piperidine rings is 1. The number of aromatic amines is 1. The van der Waals surface area contributed by atoms with Gasteiger partial charge in [-0.05, 0) is 33.1 Å². The van der Waals surface area contributed by atoms with E-state index < -0.39 is 0 Å². The highest BCUT2D eigenvalue weighted by Crippen LogP contribution is 2.28. The van der Waals surface area contributed by atoms with Gasteiger partial charge in [0, 0.05) is 42.5 Å². The first-order chi connectivity index (χ1) is 13.0. The summed E-state index contributed by atoms with van der Waals surface area (Å²) < 4.78 is 6.62. The van der Waals surface area contributed by atoms with Crippen molar-refractivity contribution >= 4 is 11.6 Å². The number of amides is 1. The SMILES string of the molecule is CCc1cc(=O)n2[nH]c(C3CCCN(C(=O)c4c(C)noc4C)C3)cc2n1. The van der Waals surface area contributed by atoms with Gasteiger partial charge in [-0.1, -0.05) is 12.1 Å². The predicted octanol–water partition coefficient (Wildman–Crippen LogP) is 2.21. The molecule has 1 saturated heterocycles. The van der Waals surface area contributed by atoms with E-state index in [2.05, 4.69) is 15.2 Å². The number of rotatable bonds is 3. The molecule has 0 bridgehead atoms. The van der Waals surface area contributed by atoms with Crippen LogP contribution in [0.25, 0.3) is 5.65 Å². The number of nitrogens with zero attached hydrogens (tertiary/aromatic N) is 4. The second kappa shape index (κ2) is 6.68. The Morgan fingerprint density at radius 2 is 2.19 bits per heavy atom. The lowest BCUT2D eigenvalue weighted by atomic mass is 9.94. The molecule has 27 heavy (non-hydrogen) atoms. The minimum Gasteiger partial charge on any atom is -0.361 e. The van der Waals surface area contributed by atoms with Gasteiger partial charge in [-0.25, -0.2) is 9.50 Å². The number of likely N-dealkylation sites (tertiary alicyclic amines) is 1. The first-order valence-electron chi connectivity index (χ1n) is 9.31. The van der Waals surface area contributed by atoms with E-state index in [0.29, 0.717) is 35.8 Å². The molecule has 8 nitrogen and oxygen atoms in total. The summed E-state index contributed by atoms with van der Waals surface area (Å²) in [4.78, 5) is 31.6. The molecular formula is C19H23N5O3. The number of carbonyl (C=O) groups is 1. The van der Waals surface area contributed by atoms with Crippen LogP contribution in [0.5, 0.6) is 0 Å². The molecule has 1 N–H and O–H groups in total. The molecule has 1 aliphatic heterocycles. The summed E-state index contributed by atoms with van der Waals surface area (Å²) in [5.74, 6) is 0.637. The van der Waals surface area contributed by atoms with Gasteiger partial charge in [0.15, 0.2) is 5.65 Å². The maximum atomic E-state index is 12.9. The normalized spacial score (nSPS) is 17.6. The summed E-state index contributed by atoms with van der Waals surface area (Å²) >= 11 is 0. The van der Waals surface area contributed by atoms with Gasteiger partial charge in [-0.2, -0.15) is 0 Å². The van der Waals surface area contributed by atoms with Crippen molar-refractivity contribution in [3.05, 3.63) is 50.9 Å². The molecule has 3 aromatic heterocycles. The molecule has 0 aliphatic carbocycles. The second-order valence-electron chi connectivity index (χ2n) is 7.13. The highest BCUT2D eigenvalue weighted by Gasteiger charge is 2.29. The molecular weight excluding hydrogens is 346 g/mol. The number of carbonyl (C=O) groups excluding carboxylic acids is 1. The van der Waals surface area contributed by atoms with Crippen molar-refractivity contribution in [3.63, 3.8) is 0 Å². The number of aryl methyl sites for hydroxylation is 3. The summed E-state index contributed by atoms with van der Waals surface area (Å²) in [5.41, 5.74) is 3.41. The predicted molar refractivity (Wildman–Crippen MR) is 99.0 cm³/mol. The van der Waals surface area contributed by atoms with Gasteiger partial charge in [0.1, 0.15) is 11.3 Å². The number of aromatic nitrogens is 4. The van der Waals surface area contributed by atoms with Crippen LogP contribution in [0.4, 0.5) is 0 Å². The zero-order valence-corrected chi connectivity index (χ0v) is 15.8.